The summed E-state index contributed by atoms with van der Waals surface area (Å²) in [4.78, 5) is 34.0. The zero-order valence-electron chi connectivity index (χ0n) is 13.1. The van der Waals surface area contributed by atoms with E-state index in [2.05, 4.69) is 25.6 Å². The Bertz CT molecular complexity index is 377. The lowest BCUT2D eigenvalue weighted by Crippen LogP contribution is -2.42. The third kappa shape index (κ3) is 12.8. The molecule has 0 aromatic carbocycles. The first-order valence-corrected chi connectivity index (χ1v) is 8.30. The first-order valence-electron chi connectivity index (χ1n) is 6.49. The minimum atomic E-state index is -0.806. The highest BCUT2D eigenvalue weighted by Gasteiger charge is 2.10. The largest absolute Gasteiger partial charge is 0.440 e. The first-order chi connectivity index (χ1) is 10.5. The van der Waals surface area contributed by atoms with Gasteiger partial charge in [0.05, 0.1) is 0 Å². The predicted octanol–water partition coefficient (Wildman–Crippen LogP) is -1.96. The average Bonchev–Trinajstić information content (AvgIpc) is 2.47. The van der Waals surface area contributed by atoms with Crippen LogP contribution in [0, 0.1) is 0 Å². The number of hydrogen-bond acceptors (Lipinski definition) is 7. The van der Waals surface area contributed by atoms with E-state index in [0.717, 1.165) is 13.0 Å². The van der Waals surface area contributed by atoms with E-state index in [1.165, 1.54) is 0 Å². The predicted molar refractivity (Wildman–Crippen MR) is 94.7 cm³/mol. The van der Waals surface area contributed by atoms with Crippen molar-refractivity contribution < 1.29 is 18.6 Å². The van der Waals surface area contributed by atoms with Crippen LogP contribution in [0.15, 0.2) is 4.99 Å². The number of amides is 2. The van der Waals surface area contributed by atoms with E-state index in [4.69, 9.17) is 9.05 Å². The molecule has 0 heterocycles. The van der Waals surface area contributed by atoms with Gasteiger partial charge in [-0.3, -0.25) is 5.32 Å². The molecule has 2 atom stereocenters. The van der Waals surface area contributed by atoms with Crippen molar-refractivity contribution in [1.29, 1.82) is 0 Å². The van der Waals surface area contributed by atoms with E-state index in [-0.39, 0.29) is 23.9 Å². The highest BCUT2D eigenvalue weighted by molar-refractivity contribution is 7.32. The van der Waals surface area contributed by atoms with Gasteiger partial charge in [-0.15, -0.1) is 4.99 Å². The maximum Gasteiger partial charge on any atom is 0.440 e. The molecule has 0 saturated heterocycles. The molecule has 10 nitrogen and oxygen atoms in total. The molecule has 0 rings (SSSR count). The van der Waals surface area contributed by atoms with E-state index in [1.807, 2.05) is 19.0 Å². The molecule has 22 heavy (non-hydrogen) atoms. The van der Waals surface area contributed by atoms with Crippen LogP contribution in [0.25, 0.3) is 0 Å². The lowest BCUT2D eigenvalue weighted by Gasteiger charge is -2.13. The summed E-state index contributed by atoms with van der Waals surface area (Å²) < 4.78 is 9.57. The molecule has 0 radical (unpaired) electrons. The Balaban J connectivity index is 4.44. The summed E-state index contributed by atoms with van der Waals surface area (Å²) in [5, 5.41) is 5.23. The van der Waals surface area contributed by atoms with Crippen LogP contribution in [0.5, 0.6) is 0 Å². The Morgan fingerprint density at radius 3 is 2.41 bits per heavy atom. The van der Waals surface area contributed by atoms with Crippen LogP contribution in [-0.4, -0.2) is 66.2 Å². The van der Waals surface area contributed by atoms with Crippen molar-refractivity contribution in [3.05, 3.63) is 0 Å². The summed E-state index contributed by atoms with van der Waals surface area (Å²) in [6.07, 6.45) is -0.705. The number of nitrogens with zero attached hydrogens (tertiary/aromatic N) is 2. The van der Waals surface area contributed by atoms with Crippen LogP contribution in [0.3, 0.4) is 0 Å². The van der Waals surface area contributed by atoms with Crippen molar-refractivity contribution in [2.45, 2.75) is 6.42 Å². The fraction of sp³-hybridized carbons (Fsp3) is 0.625. The van der Waals surface area contributed by atoms with Crippen LogP contribution in [0.4, 0.5) is 9.59 Å². The van der Waals surface area contributed by atoms with E-state index in [1.54, 1.807) is 16.0 Å². The summed E-state index contributed by atoms with van der Waals surface area (Å²) in [5.74, 6) is -0.00411. The number of rotatable bonds is 8. The monoisotopic (exact) mass is 350 g/mol. The van der Waals surface area contributed by atoms with Crippen LogP contribution in [0.2, 0.25) is 0 Å². The maximum atomic E-state index is 11.5. The molecular weight excluding hydrogens is 328 g/mol. The zero-order valence-corrected chi connectivity index (χ0v) is 15.1. The van der Waals surface area contributed by atoms with Gasteiger partial charge in [-0.05, 0) is 27.1 Å². The highest BCUT2D eigenvalue weighted by Crippen LogP contribution is 2.05. The molecule has 0 fully saturated rings. The Morgan fingerprint density at radius 2 is 1.82 bits per heavy atom. The number of carbonyl (C=O) groups is 2. The van der Waals surface area contributed by atoms with Crippen molar-refractivity contribution in [3.8, 4) is 0 Å². The lowest BCUT2D eigenvalue weighted by atomic mass is 10.4. The quantitative estimate of drug-likeness (QED) is 0.131. The summed E-state index contributed by atoms with van der Waals surface area (Å²) in [6.45, 7) is 1.39. The van der Waals surface area contributed by atoms with Crippen molar-refractivity contribution in [2.75, 3.05) is 27.2 Å². The molecule has 0 aliphatic rings. The molecule has 14 heteroatoms. The van der Waals surface area contributed by atoms with Gasteiger partial charge in [0, 0.05) is 6.54 Å². The number of guanidine groups is 1. The van der Waals surface area contributed by atoms with E-state index < -0.39 is 12.2 Å². The molecule has 2 amide bonds. The van der Waals surface area contributed by atoms with Crippen LogP contribution in [-0.2, 0) is 9.05 Å². The number of carbonyl (C=O) groups excluding carboxylic acids is 2. The number of hydrogen-bond donors (Lipinski definition) is 4. The maximum absolute atomic E-state index is 11.5. The smallest absolute Gasteiger partial charge is 0.416 e. The van der Waals surface area contributed by atoms with Crippen molar-refractivity contribution in [2.24, 2.45) is 4.99 Å². The lowest BCUT2D eigenvalue weighted by molar-refractivity contribution is 0.211. The normalized spacial score (nSPS) is 12.2. The molecule has 4 N–H and O–H groups in total. The van der Waals surface area contributed by atoms with Gasteiger partial charge in [0.15, 0.2) is 16.0 Å². The molecule has 0 aliphatic heterocycles. The van der Waals surface area contributed by atoms with Crippen molar-refractivity contribution in [1.82, 2.24) is 25.5 Å². The van der Waals surface area contributed by atoms with Gasteiger partial charge in [0.2, 0.25) is 5.96 Å². The molecule has 0 aromatic heterocycles. The van der Waals surface area contributed by atoms with Gasteiger partial charge < -0.3 is 29.3 Å². The van der Waals surface area contributed by atoms with E-state index in [0.29, 0.717) is 6.54 Å². The second-order valence-corrected chi connectivity index (χ2v) is 5.95. The molecular formula is C8H22B2N6O4P2. The van der Waals surface area contributed by atoms with Crippen molar-refractivity contribution in [3.63, 3.8) is 0 Å². The third-order valence-electron chi connectivity index (χ3n) is 1.98. The molecule has 2 unspecified atom stereocenters. The van der Waals surface area contributed by atoms with Gasteiger partial charge in [0.1, 0.15) is 17.9 Å². The molecule has 0 bridgehead atoms. The number of aliphatic imine (C=N–C) groups is 1. The van der Waals surface area contributed by atoms with E-state index >= 15 is 0 Å². The summed E-state index contributed by atoms with van der Waals surface area (Å²) in [6, 6.07) is 0. The minimum absolute atomic E-state index is 0.00411. The topological polar surface area (TPSA) is 116 Å². The van der Waals surface area contributed by atoms with Crippen LogP contribution < -0.4 is 20.6 Å². The van der Waals surface area contributed by atoms with Gasteiger partial charge in [-0.25, -0.2) is 9.59 Å². The van der Waals surface area contributed by atoms with Gasteiger partial charge in [-0.1, -0.05) is 0 Å². The fourth-order valence-corrected chi connectivity index (χ4v) is 1.62. The molecule has 0 saturated carbocycles. The molecule has 0 aliphatic carbocycles. The molecule has 124 valence electrons. The first kappa shape index (κ1) is 21.1. The Morgan fingerprint density at radius 1 is 1.18 bits per heavy atom. The van der Waals surface area contributed by atoms with Gasteiger partial charge >= 0.3 is 12.2 Å². The fourth-order valence-electron chi connectivity index (χ4n) is 1.14. The minimum Gasteiger partial charge on any atom is -0.416 e. The summed E-state index contributed by atoms with van der Waals surface area (Å²) >= 11 is 0. The second-order valence-electron chi connectivity index (χ2n) is 4.13. The summed E-state index contributed by atoms with van der Waals surface area (Å²) in [7, 11) is 6.82. The molecule has 0 aromatic rings. The van der Waals surface area contributed by atoms with Crippen LogP contribution >= 0.6 is 17.9 Å². The van der Waals surface area contributed by atoms with Crippen molar-refractivity contribution >= 4 is 52.0 Å². The second kappa shape index (κ2) is 13.7. The zero-order chi connectivity index (χ0) is 16.8. The van der Waals surface area contributed by atoms with Gasteiger partial charge in [0.25, 0.3) is 0 Å². The standard InChI is InChI=1S/C8H22B2N6O4P2/c1-16(2)5-3-4-11-6(12-7(17)19-21-14-9)13-8(18)20-22-15-10/h14-15,21-22H,3-5,9-10H2,1-2H3,(H2,11,12,13,17,18). The highest BCUT2D eigenvalue weighted by atomic mass is 31.1. The van der Waals surface area contributed by atoms with Gasteiger partial charge in [-0.2, -0.15) is 0 Å². The SMILES string of the molecule is BNPOC(=O)/N=C(/NCCCN(C)C)NC(=O)OPNB. The third-order valence-corrected chi connectivity index (χ3v) is 2.96. The number of nitrogens with one attached hydrogen (secondary N) is 4. The van der Waals surface area contributed by atoms with E-state index in [9.17, 15) is 9.59 Å². The Labute approximate surface area is 135 Å². The average molecular weight is 350 g/mol. The van der Waals surface area contributed by atoms with Crippen LogP contribution in [0.1, 0.15) is 6.42 Å². The Kier molecular flexibility index (Phi) is 13.1. The Hall–Kier alpha value is -0.920. The summed E-state index contributed by atoms with van der Waals surface area (Å²) in [5.41, 5.74) is 0. The molecule has 0 spiro atoms.